The van der Waals surface area contributed by atoms with Crippen molar-refractivity contribution in [2.45, 2.75) is 216 Å². The highest BCUT2D eigenvalue weighted by molar-refractivity contribution is 5.99. The fourth-order valence-corrected chi connectivity index (χ4v) is 10.9. The zero-order valence-corrected chi connectivity index (χ0v) is 56.6. The number of nitrogens with zero attached hydrogens (tertiary/aromatic N) is 7. The topological polar surface area (TPSA) is 308 Å². The average Bonchev–Trinajstić information content (AvgIpc) is 1.50. The number of rotatable bonds is 17. The summed E-state index contributed by atoms with van der Waals surface area (Å²) in [6, 6.07) is -13.0. The van der Waals surface area contributed by atoms with Crippen molar-refractivity contribution in [1.82, 2.24) is 55.6 Å². The number of aliphatic hydroxyl groups is 2. The highest BCUT2D eigenvalue weighted by Gasteiger charge is 2.46. The Bertz CT molecular complexity index is 2370. The number of nitrogens with one attached hydrogen (secondary N) is 4. The summed E-state index contributed by atoms with van der Waals surface area (Å²) in [5.74, 6) is -10.5. The van der Waals surface area contributed by atoms with E-state index in [4.69, 9.17) is 4.74 Å². The zero-order valence-electron chi connectivity index (χ0n) is 56.6. The van der Waals surface area contributed by atoms with Gasteiger partial charge in [0.25, 0.3) is 0 Å². The Kier molecular flexibility index (Phi) is 32.9. The molecule has 0 radical (unpaired) electrons. The van der Waals surface area contributed by atoms with Crippen molar-refractivity contribution in [3.05, 3.63) is 12.2 Å². The first-order valence-electron chi connectivity index (χ1n) is 30.9. The molecule has 0 aromatic rings. The van der Waals surface area contributed by atoms with Crippen LogP contribution in [0.25, 0.3) is 0 Å². The molecule has 498 valence electrons. The molecule has 25 heteroatoms. The van der Waals surface area contributed by atoms with E-state index in [0.717, 1.165) is 9.80 Å². The van der Waals surface area contributed by atoms with E-state index >= 15 is 9.59 Å². The summed E-state index contributed by atoms with van der Waals surface area (Å²) in [4.78, 5) is 169. The number of allylic oxidation sites excluding steroid dienone is 1. The maximum Gasteiger partial charge on any atom is 0.246 e. The molecule has 1 saturated heterocycles. The number of amides is 11. The summed E-state index contributed by atoms with van der Waals surface area (Å²) in [6.45, 7) is 27.5. The predicted octanol–water partition coefficient (Wildman–Crippen LogP) is 1.62. The molecule has 1 rings (SSSR count). The van der Waals surface area contributed by atoms with Gasteiger partial charge in [0.15, 0.2) is 0 Å². The quantitative estimate of drug-likeness (QED) is 0.113. The van der Waals surface area contributed by atoms with Crippen molar-refractivity contribution < 1.29 is 67.7 Å². The van der Waals surface area contributed by atoms with Crippen LogP contribution in [-0.2, 0) is 57.5 Å². The fraction of sp³-hybridized carbons (Fsp3) is 0.790. The van der Waals surface area contributed by atoms with Crippen LogP contribution in [0.5, 0.6) is 0 Å². The Labute approximate surface area is 518 Å². The van der Waals surface area contributed by atoms with Gasteiger partial charge in [0.2, 0.25) is 65.0 Å². The molecule has 6 N–H and O–H groups in total. The lowest BCUT2D eigenvalue weighted by Gasteiger charge is -2.41. The number of carbonyl (C=O) groups excluding carboxylic acids is 11. The van der Waals surface area contributed by atoms with Crippen LogP contribution in [0.3, 0.4) is 0 Å². The van der Waals surface area contributed by atoms with Gasteiger partial charge in [0, 0.05) is 54.7 Å². The number of hydrogen-bond donors (Lipinski definition) is 6. The molecule has 0 saturated carbocycles. The second-order valence-electron chi connectivity index (χ2n) is 25.5. The third-order valence-corrected chi connectivity index (χ3v) is 16.2. The van der Waals surface area contributed by atoms with Crippen LogP contribution in [0, 0.1) is 35.5 Å². The first-order valence-corrected chi connectivity index (χ1v) is 30.9. The van der Waals surface area contributed by atoms with Crippen LogP contribution in [-0.4, -0.2) is 251 Å². The van der Waals surface area contributed by atoms with Gasteiger partial charge in [-0.1, -0.05) is 95.2 Å². The van der Waals surface area contributed by atoms with Gasteiger partial charge in [0.1, 0.15) is 60.4 Å². The SMILES string of the molecule is C/C=C/[C@@H](C)[C@@H](O)[C@H]1C(=O)N[C@@H](CC)C(=O)N(CC)CC(=O)N(C)C([C@@H](C)OCCO)C(=O)N[C@@H](C(C)C)C(=O)N(C)[C@@H](CC(C)C)C(=O)N[C@@H](C)C(=O)N[C@H](C)C(=O)N(C)[C@@H](CC(C)C)C(=O)N(C)[C@@H](CC(C)C)C(=O)N(C)[C@@H](C(C)C)C(=O)N1C. The van der Waals surface area contributed by atoms with Crippen LogP contribution in [0.1, 0.15) is 143 Å². The summed E-state index contributed by atoms with van der Waals surface area (Å²) in [6.07, 6.45) is 1.01. The number of likely N-dealkylation sites (N-methyl/N-ethyl adjacent to an activating group) is 7. The first-order chi connectivity index (χ1) is 40.3. The molecule has 0 spiro atoms. The van der Waals surface area contributed by atoms with Crippen molar-refractivity contribution >= 4 is 65.0 Å². The fourth-order valence-electron chi connectivity index (χ4n) is 10.9. The third kappa shape index (κ3) is 21.8. The van der Waals surface area contributed by atoms with Crippen LogP contribution in [0.2, 0.25) is 0 Å². The molecular weight excluding hydrogens is 1120 g/mol. The summed E-state index contributed by atoms with van der Waals surface area (Å²) in [5.41, 5.74) is 0. The molecule has 11 amide bonds. The summed E-state index contributed by atoms with van der Waals surface area (Å²) >= 11 is 0. The monoisotopic (exact) mass is 1230 g/mol. The molecule has 25 nitrogen and oxygen atoms in total. The van der Waals surface area contributed by atoms with E-state index in [1.807, 2.05) is 41.5 Å². The van der Waals surface area contributed by atoms with E-state index in [1.165, 1.54) is 87.6 Å². The lowest BCUT2D eigenvalue weighted by Crippen LogP contribution is -2.63. The lowest BCUT2D eigenvalue weighted by atomic mass is 9.93. The average molecular weight is 1230 g/mol. The zero-order chi connectivity index (χ0) is 67.4. The van der Waals surface area contributed by atoms with E-state index in [1.54, 1.807) is 67.5 Å². The van der Waals surface area contributed by atoms with Gasteiger partial charge in [-0.25, -0.2) is 0 Å². The van der Waals surface area contributed by atoms with Crippen molar-refractivity contribution in [1.29, 1.82) is 0 Å². The molecule has 0 aromatic carbocycles. The molecule has 1 aliphatic heterocycles. The predicted molar refractivity (Wildman–Crippen MR) is 331 cm³/mol. The van der Waals surface area contributed by atoms with E-state index in [9.17, 15) is 53.4 Å². The highest BCUT2D eigenvalue weighted by atomic mass is 16.5. The molecule has 1 fully saturated rings. The van der Waals surface area contributed by atoms with Gasteiger partial charge in [-0.2, -0.15) is 0 Å². The Morgan fingerprint density at radius 2 is 0.977 bits per heavy atom. The Morgan fingerprint density at radius 1 is 0.517 bits per heavy atom. The number of carbonyl (C=O) groups is 11. The van der Waals surface area contributed by atoms with E-state index in [0.29, 0.717) is 0 Å². The second kappa shape index (κ2) is 36.3. The Morgan fingerprint density at radius 3 is 1.44 bits per heavy atom. The molecule has 0 aromatic heterocycles. The normalized spacial score (nSPS) is 26.9. The van der Waals surface area contributed by atoms with Crippen molar-refractivity contribution in [2.75, 3.05) is 68.6 Å². The van der Waals surface area contributed by atoms with Crippen molar-refractivity contribution in [2.24, 2.45) is 35.5 Å². The third-order valence-electron chi connectivity index (χ3n) is 16.2. The molecule has 1 heterocycles. The molecular formula is C62H111N11O14. The minimum absolute atomic E-state index is 0.0177. The van der Waals surface area contributed by atoms with Gasteiger partial charge in [-0.15, -0.1) is 0 Å². The van der Waals surface area contributed by atoms with Gasteiger partial charge >= 0.3 is 0 Å². The largest absolute Gasteiger partial charge is 0.394 e. The first kappa shape index (κ1) is 78.8. The molecule has 0 bridgehead atoms. The van der Waals surface area contributed by atoms with Crippen LogP contribution < -0.4 is 21.3 Å². The number of aliphatic hydroxyl groups excluding tert-OH is 2. The summed E-state index contributed by atoms with van der Waals surface area (Å²) < 4.78 is 5.79. The van der Waals surface area contributed by atoms with E-state index < -0.39 is 169 Å². The van der Waals surface area contributed by atoms with Gasteiger partial charge in [0.05, 0.1) is 32.0 Å². The van der Waals surface area contributed by atoms with E-state index in [2.05, 4.69) is 21.3 Å². The Hall–Kier alpha value is -6.21. The van der Waals surface area contributed by atoms with Gasteiger partial charge in [-0.05, 0) is 89.9 Å². The Balaban J connectivity index is 4.40. The minimum Gasteiger partial charge on any atom is -0.394 e. The molecule has 13 atom stereocenters. The van der Waals surface area contributed by atoms with Crippen LogP contribution in [0.4, 0.5) is 0 Å². The van der Waals surface area contributed by atoms with Gasteiger partial charge in [-0.3, -0.25) is 52.7 Å². The molecule has 0 aliphatic carbocycles. The van der Waals surface area contributed by atoms with Gasteiger partial charge < -0.3 is 70.5 Å². The molecule has 1 unspecified atom stereocenters. The maximum absolute atomic E-state index is 15.1. The maximum atomic E-state index is 15.1. The number of ether oxygens (including phenoxy) is 1. The van der Waals surface area contributed by atoms with Crippen molar-refractivity contribution in [3.63, 3.8) is 0 Å². The minimum atomic E-state index is -1.66. The highest BCUT2D eigenvalue weighted by Crippen LogP contribution is 2.25. The van der Waals surface area contributed by atoms with Crippen LogP contribution in [0.15, 0.2) is 12.2 Å². The second-order valence-corrected chi connectivity index (χ2v) is 25.5. The molecule has 87 heavy (non-hydrogen) atoms. The standard InChI is InChI=1S/C62H111N11O14/c1-24-27-39(14)52(76)51-56(80)65-43(25-2)58(82)73(26-3)33-47(75)70(21)50(42(17)87-29-28-74)55(79)66-48(37(10)11)61(85)67(18)44(30-34(4)5)54(78)63-40(15)53(77)64-41(16)57(81)68(19)45(31-35(6)7)59(83)69(20)46(32-36(8)9)60(84)71(22)49(38(12)13)62(86)72(51)23/h24,27,34-46,48-52,74,76H,25-26,28-33H2,1-23H3,(H,63,78)(H,64,77)(H,65,80)(H,66,79)/b27-24+/t39-,40+,41-,42-,43+,44+,45+,46+,48+,49+,50?,51+,52-/m1/s1. The van der Waals surface area contributed by atoms with E-state index in [-0.39, 0.29) is 56.6 Å². The van der Waals surface area contributed by atoms with Crippen molar-refractivity contribution in [3.8, 4) is 0 Å². The summed E-state index contributed by atoms with van der Waals surface area (Å²) in [5, 5.41) is 32.6. The number of hydrogen-bond acceptors (Lipinski definition) is 14. The lowest BCUT2D eigenvalue weighted by molar-refractivity contribution is -0.157. The molecule has 1 aliphatic rings. The smallest absolute Gasteiger partial charge is 0.246 e. The summed E-state index contributed by atoms with van der Waals surface area (Å²) in [7, 11) is 8.33. The van der Waals surface area contributed by atoms with Crippen LogP contribution >= 0.6 is 0 Å².